The van der Waals surface area contributed by atoms with Crippen LogP contribution in [0.5, 0.6) is 0 Å². The highest BCUT2D eigenvalue weighted by Gasteiger charge is 2.32. The molecule has 9 heteroatoms. The van der Waals surface area contributed by atoms with Gasteiger partial charge >= 0.3 is 0 Å². The Hall–Kier alpha value is -1.45. The molecular weight excluding hydrogens is 368 g/mol. The first-order valence-corrected chi connectivity index (χ1v) is 10.4. The van der Waals surface area contributed by atoms with Crippen LogP contribution in [0.15, 0.2) is 23.1 Å². The Kier molecular flexibility index (Phi) is 5.17. The van der Waals surface area contributed by atoms with E-state index >= 15 is 0 Å². The quantitative estimate of drug-likeness (QED) is 0.879. The third-order valence-corrected chi connectivity index (χ3v) is 7.74. The summed E-state index contributed by atoms with van der Waals surface area (Å²) in [4.78, 5) is 0.202. The lowest BCUT2D eigenvalue weighted by molar-refractivity contribution is 0.426. The lowest BCUT2D eigenvalue weighted by Gasteiger charge is -2.20. The van der Waals surface area contributed by atoms with Gasteiger partial charge in [-0.2, -0.15) is 21.2 Å². The van der Waals surface area contributed by atoms with Crippen LogP contribution in [-0.2, 0) is 10.0 Å². The summed E-state index contributed by atoms with van der Waals surface area (Å²) in [5.41, 5.74) is 1.23. The molecule has 2 heterocycles. The fourth-order valence-corrected chi connectivity index (χ4v) is 6.20. The Labute approximate surface area is 149 Å². The SMILES string of the molecule is Cc1n[nH]c(C)c1S(=O)(=O)N1CCSC(c2cc(F)ccc2F)CC1. The number of hydrogen-bond acceptors (Lipinski definition) is 4. The van der Waals surface area contributed by atoms with E-state index < -0.39 is 21.7 Å². The topological polar surface area (TPSA) is 66.1 Å². The van der Waals surface area contributed by atoms with Crippen LogP contribution in [0, 0.1) is 25.5 Å². The van der Waals surface area contributed by atoms with E-state index in [2.05, 4.69) is 10.2 Å². The number of hydrogen-bond donors (Lipinski definition) is 1. The fraction of sp³-hybridized carbons (Fsp3) is 0.438. The highest BCUT2D eigenvalue weighted by Crippen LogP contribution is 2.37. The van der Waals surface area contributed by atoms with Gasteiger partial charge in [0.15, 0.2) is 0 Å². The van der Waals surface area contributed by atoms with Crippen molar-refractivity contribution in [2.45, 2.75) is 30.4 Å². The van der Waals surface area contributed by atoms with E-state index in [0.29, 0.717) is 35.7 Å². The highest BCUT2D eigenvalue weighted by molar-refractivity contribution is 7.99. The minimum atomic E-state index is -3.67. The average Bonchev–Trinajstić information content (AvgIpc) is 2.76. The number of aromatic amines is 1. The van der Waals surface area contributed by atoms with E-state index in [9.17, 15) is 17.2 Å². The van der Waals surface area contributed by atoms with Crippen LogP contribution < -0.4 is 0 Å². The van der Waals surface area contributed by atoms with Crippen LogP contribution in [0.2, 0.25) is 0 Å². The van der Waals surface area contributed by atoms with Crippen LogP contribution in [0.25, 0.3) is 0 Å². The molecule has 1 aromatic heterocycles. The number of aromatic nitrogens is 2. The van der Waals surface area contributed by atoms with Crippen LogP contribution >= 0.6 is 11.8 Å². The molecule has 1 atom stereocenters. The summed E-state index contributed by atoms with van der Waals surface area (Å²) in [7, 11) is -3.67. The van der Waals surface area contributed by atoms with Crippen molar-refractivity contribution < 1.29 is 17.2 Å². The van der Waals surface area contributed by atoms with E-state index in [1.165, 1.54) is 22.1 Å². The maximum Gasteiger partial charge on any atom is 0.246 e. The van der Waals surface area contributed by atoms with Gasteiger partial charge in [0.2, 0.25) is 10.0 Å². The Bertz CT molecular complexity index is 864. The summed E-state index contributed by atoms with van der Waals surface area (Å²) < 4.78 is 54.7. The van der Waals surface area contributed by atoms with Crippen molar-refractivity contribution in [1.29, 1.82) is 0 Å². The number of aryl methyl sites for hydroxylation is 2. The van der Waals surface area contributed by atoms with Gasteiger partial charge in [-0.05, 0) is 38.5 Å². The zero-order valence-electron chi connectivity index (χ0n) is 13.9. The maximum atomic E-state index is 14.0. The third kappa shape index (κ3) is 3.58. The molecule has 5 nitrogen and oxygen atoms in total. The molecule has 1 fully saturated rings. The minimum absolute atomic E-state index is 0.202. The van der Waals surface area contributed by atoms with Crippen LogP contribution in [0.1, 0.15) is 28.6 Å². The molecule has 0 spiro atoms. The molecule has 136 valence electrons. The van der Waals surface area contributed by atoms with Gasteiger partial charge in [-0.15, -0.1) is 0 Å². The molecule has 0 amide bonds. The molecule has 1 unspecified atom stereocenters. The van der Waals surface area contributed by atoms with Crippen molar-refractivity contribution in [3.63, 3.8) is 0 Å². The molecule has 0 radical (unpaired) electrons. The largest absolute Gasteiger partial charge is 0.281 e. The van der Waals surface area contributed by atoms with Crippen LogP contribution in [0.3, 0.4) is 0 Å². The van der Waals surface area contributed by atoms with Crippen molar-refractivity contribution in [3.05, 3.63) is 46.8 Å². The molecule has 1 saturated heterocycles. The van der Waals surface area contributed by atoms with Crippen molar-refractivity contribution >= 4 is 21.8 Å². The summed E-state index contributed by atoms with van der Waals surface area (Å²) in [6.45, 7) is 3.89. The summed E-state index contributed by atoms with van der Waals surface area (Å²) in [6, 6.07) is 3.39. The second-order valence-corrected chi connectivity index (χ2v) is 9.17. The number of H-pyrrole nitrogens is 1. The highest BCUT2D eigenvalue weighted by atomic mass is 32.2. The molecule has 1 N–H and O–H groups in total. The third-order valence-electron chi connectivity index (χ3n) is 4.26. The first kappa shape index (κ1) is 18.3. The van der Waals surface area contributed by atoms with Gasteiger partial charge in [-0.1, -0.05) is 0 Å². The monoisotopic (exact) mass is 387 g/mol. The first-order chi connectivity index (χ1) is 11.8. The molecule has 1 aliphatic rings. The average molecular weight is 387 g/mol. The first-order valence-electron chi connectivity index (χ1n) is 7.89. The van der Waals surface area contributed by atoms with Gasteiger partial charge in [0, 0.05) is 29.7 Å². The lowest BCUT2D eigenvalue weighted by atomic mass is 10.1. The summed E-state index contributed by atoms with van der Waals surface area (Å²) in [6.07, 6.45) is 0.417. The Morgan fingerprint density at radius 1 is 1.28 bits per heavy atom. The molecule has 2 aromatic rings. The number of nitrogens with one attached hydrogen (secondary N) is 1. The number of sulfonamides is 1. The number of thioether (sulfide) groups is 1. The number of benzene rings is 1. The summed E-state index contributed by atoms with van der Waals surface area (Å²) >= 11 is 1.45. The number of nitrogens with zero attached hydrogens (tertiary/aromatic N) is 2. The van der Waals surface area contributed by atoms with E-state index in [0.717, 1.165) is 12.1 Å². The number of rotatable bonds is 3. The van der Waals surface area contributed by atoms with Crippen LogP contribution in [-0.4, -0.2) is 41.8 Å². The van der Waals surface area contributed by atoms with Gasteiger partial charge in [0.25, 0.3) is 0 Å². The zero-order chi connectivity index (χ0) is 18.2. The van der Waals surface area contributed by atoms with E-state index in [-0.39, 0.29) is 16.7 Å². The molecule has 0 aliphatic carbocycles. The fourth-order valence-electron chi connectivity index (χ4n) is 3.05. The van der Waals surface area contributed by atoms with Crippen molar-refractivity contribution in [2.24, 2.45) is 0 Å². The molecule has 1 aliphatic heterocycles. The summed E-state index contributed by atoms with van der Waals surface area (Å²) in [5.74, 6) is -0.442. The number of halogens is 2. The minimum Gasteiger partial charge on any atom is -0.281 e. The standard InChI is InChI=1S/C16H19F2N3O2S2/c1-10-16(11(2)20-19-10)25(22,23)21-6-5-15(24-8-7-21)13-9-12(17)3-4-14(13)18/h3-4,9,15H,5-8H2,1-2H3,(H,19,20). The zero-order valence-corrected chi connectivity index (χ0v) is 15.6. The second-order valence-electron chi connectivity index (χ2n) is 5.98. The second kappa shape index (κ2) is 7.05. The normalized spacial score (nSPS) is 19.8. The van der Waals surface area contributed by atoms with Gasteiger partial charge in [-0.3, -0.25) is 5.10 Å². The predicted octanol–water partition coefficient (Wildman–Crippen LogP) is 3.17. The van der Waals surface area contributed by atoms with E-state index in [1.54, 1.807) is 13.8 Å². The maximum absolute atomic E-state index is 14.0. The molecule has 0 saturated carbocycles. The Balaban J connectivity index is 1.83. The van der Waals surface area contributed by atoms with Crippen LogP contribution in [0.4, 0.5) is 8.78 Å². The van der Waals surface area contributed by atoms with E-state index in [4.69, 9.17) is 0 Å². The van der Waals surface area contributed by atoms with Crippen molar-refractivity contribution in [2.75, 3.05) is 18.8 Å². The van der Waals surface area contributed by atoms with Gasteiger partial charge in [0.1, 0.15) is 16.5 Å². The van der Waals surface area contributed by atoms with E-state index in [1.807, 2.05) is 0 Å². The molecule has 3 rings (SSSR count). The summed E-state index contributed by atoms with van der Waals surface area (Å²) in [5, 5.41) is 6.38. The van der Waals surface area contributed by atoms with Crippen molar-refractivity contribution in [1.82, 2.24) is 14.5 Å². The molecule has 1 aromatic carbocycles. The lowest BCUT2D eigenvalue weighted by Crippen LogP contribution is -2.33. The Morgan fingerprint density at radius 2 is 2.04 bits per heavy atom. The van der Waals surface area contributed by atoms with Gasteiger partial charge in [-0.25, -0.2) is 17.2 Å². The predicted molar refractivity (Wildman–Crippen MR) is 93.0 cm³/mol. The van der Waals surface area contributed by atoms with Crippen molar-refractivity contribution in [3.8, 4) is 0 Å². The molecular formula is C16H19F2N3O2S2. The molecule has 0 bridgehead atoms. The molecule has 25 heavy (non-hydrogen) atoms. The smallest absolute Gasteiger partial charge is 0.246 e. The Morgan fingerprint density at radius 3 is 2.72 bits per heavy atom. The van der Waals surface area contributed by atoms with Gasteiger partial charge < -0.3 is 0 Å². The van der Waals surface area contributed by atoms with Gasteiger partial charge in [0.05, 0.1) is 11.4 Å².